The van der Waals surface area contributed by atoms with Crippen molar-refractivity contribution in [1.29, 1.82) is 0 Å². The third-order valence-electron chi connectivity index (χ3n) is 3.19. The second kappa shape index (κ2) is 5.23. The maximum atomic E-state index is 5.99. The zero-order chi connectivity index (χ0) is 13.1. The molecule has 0 saturated carbocycles. The van der Waals surface area contributed by atoms with Gasteiger partial charge in [-0.05, 0) is 54.3 Å². The van der Waals surface area contributed by atoms with Crippen LogP contribution >= 0.6 is 0 Å². The predicted molar refractivity (Wildman–Crippen MR) is 75.8 cm³/mol. The molecular weight excluding hydrogens is 222 g/mol. The molecule has 0 heterocycles. The highest BCUT2D eigenvalue weighted by Gasteiger charge is 2.06. The van der Waals surface area contributed by atoms with Gasteiger partial charge in [0.25, 0.3) is 0 Å². The van der Waals surface area contributed by atoms with Gasteiger partial charge in [-0.2, -0.15) is 0 Å². The van der Waals surface area contributed by atoms with E-state index in [1.165, 1.54) is 22.3 Å². The Hall–Kier alpha value is -1.80. The summed E-state index contributed by atoms with van der Waals surface area (Å²) in [5.41, 5.74) is 10.8. The van der Waals surface area contributed by atoms with Gasteiger partial charge in [0.15, 0.2) is 0 Å². The van der Waals surface area contributed by atoms with Gasteiger partial charge in [-0.15, -0.1) is 0 Å². The molecule has 0 aliphatic rings. The summed E-state index contributed by atoms with van der Waals surface area (Å²) in [6, 6.07) is 14.6. The molecule has 2 rings (SSSR count). The average Bonchev–Trinajstić information content (AvgIpc) is 2.39. The van der Waals surface area contributed by atoms with E-state index in [-0.39, 0.29) is 6.04 Å². The number of hydrogen-bond donors (Lipinski definition) is 1. The van der Waals surface area contributed by atoms with Crippen molar-refractivity contribution in [1.82, 2.24) is 0 Å². The lowest BCUT2D eigenvalue weighted by Gasteiger charge is -2.12. The Labute approximate surface area is 108 Å². The first-order valence-corrected chi connectivity index (χ1v) is 6.12. The molecule has 2 aromatic rings. The lowest BCUT2D eigenvalue weighted by atomic mass is 9.96. The van der Waals surface area contributed by atoms with Gasteiger partial charge in [-0.3, -0.25) is 0 Å². The quantitative estimate of drug-likeness (QED) is 0.889. The molecule has 0 amide bonds. The molecule has 0 aromatic heterocycles. The second-order valence-corrected chi connectivity index (χ2v) is 4.59. The fourth-order valence-electron chi connectivity index (χ4n) is 2.09. The van der Waals surface area contributed by atoms with Crippen molar-refractivity contribution < 1.29 is 4.74 Å². The molecule has 0 spiro atoms. The molecular formula is C16H19NO. The summed E-state index contributed by atoms with van der Waals surface area (Å²) < 4.78 is 5.17. The molecule has 2 nitrogen and oxygen atoms in total. The molecule has 2 aromatic carbocycles. The average molecular weight is 241 g/mol. The van der Waals surface area contributed by atoms with Crippen LogP contribution in [0.2, 0.25) is 0 Å². The first kappa shape index (κ1) is 12.7. The fraction of sp³-hybridized carbons (Fsp3) is 0.250. The minimum absolute atomic E-state index is 0.0585. The van der Waals surface area contributed by atoms with Crippen LogP contribution in [0.1, 0.15) is 24.1 Å². The molecule has 0 fully saturated rings. The largest absolute Gasteiger partial charge is 0.497 e. The van der Waals surface area contributed by atoms with E-state index in [1.807, 2.05) is 19.1 Å². The van der Waals surface area contributed by atoms with Crippen molar-refractivity contribution in [2.24, 2.45) is 5.73 Å². The fourth-order valence-corrected chi connectivity index (χ4v) is 2.09. The van der Waals surface area contributed by atoms with Crippen LogP contribution in [0.3, 0.4) is 0 Å². The maximum absolute atomic E-state index is 5.99. The highest BCUT2D eigenvalue weighted by Crippen LogP contribution is 2.26. The van der Waals surface area contributed by atoms with Crippen molar-refractivity contribution in [2.45, 2.75) is 19.9 Å². The molecule has 1 unspecified atom stereocenters. The van der Waals surface area contributed by atoms with Crippen LogP contribution in [0.5, 0.6) is 5.75 Å². The first-order valence-electron chi connectivity index (χ1n) is 6.12. The summed E-state index contributed by atoms with van der Waals surface area (Å²) in [5, 5.41) is 0. The highest BCUT2D eigenvalue weighted by atomic mass is 16.5. The lowest BCUT2D eigenvalue weighted by Crippen LogP contribution is -2.06. The van der Waals surface area contributed by atoms with E-state index in [4.69, 9.17) is 10.5 Å². The number of hydrogen-bond acceptors (Lipinski definition) is 2. The summed E-state index contributed by atoms with van der Waals surface area (Å²) in [6.45, 7) is 4.11. The molecule has 0 bridgehead atoms. The number of aryl methyl sites for hydroxylation is 1. The molecule has 2 N–H and O–H groups in total. The smallest absolute Gasteiger partial charge is 0.118 e. The van der Waals surface area contributed by atoms with Gasteiger partial charge in [0.1, 0.15) is 5.75 Å². The van der Waals surface area contributed by atoms with Crippen LogP contribution in [0.4, 0.5) is 0 Å². The molecule has 0 saturated heterocycles. The van der Waals surface area contributed by atoms with E-state index < -0.39 is 0 Å². The van der Waals surface area contributed by atoms with Crippen LogP contribution in [-0.2, 0) is 0 Å². The van der Waals surface area contributed by atoms with Gasteiger partial charge in [0.2, 0.25) is 0 Å². The Morgan fingerprint density at radius 1 is 1.00 bits per heavy atom. The number of benzene rings is 2. The van der Waals surface area contributed by atoms with Crippen LogP contribution < -0.4 is 10.5 Å². The lowest BCUT2D eigenvalue weighted by molar-refractivity contribution is 0.415. The maximum Gasteiger partial charge on any atom is 0.118 e. The van der Waals surface area contributed by atoms with E-state index in [2.05, 4.69) is 37.3 Å². The Bertz CT molecular complexity index is 529. The van der Waals surface area contributed by atoms with Crippen LogP contribution in [0.15, 0.2) is 42.5 Å². The number of ether oxygens (including phenoxy) is 1. The molecule has 0 aliphatic heterocycles. The molecule has 0 aliphatic carbocycles. The summed E-state index contributed by atoms with van der Waals surface area (Å²) in [7, 11) is 1.68. The number of nitrogens with two attached hydrogens (primary N) is 1. The van der Waals surface area contributed by atoms with E-state index in [9.17, 15) is 0 Å². The molecule has 1 atom stereocenters. The van der Waals surface area contributed by atoms with Crippen molar-refractivity contribution in [3.8, 4) is 16.9 Å². The normalized spacial score (nSPS) is 12.2. The minimum atomic E-state index is 0.0585. The van der Waals surface area contributed by atoms with Crippen LogP contribution in [0.25, 0.3) is 11.1 Å². The Morgan fingerprint density at radius 3 is 2.17 bits per heavy atom. The minimum Gasteiger partial charge on any atom is -0.497 e. The topological polar surface area (TPSA) is 35.2 Å². The van der Waals surface area contributed by atoms with E-state index >= 15 is 0 Å². The van der Waals surface area contributed by atoms with Gasteiger partial charge in [-0.1, -0.05) is 24.3 Å². The van der Waals surface area contributed by atoms with Gasteiger partial charge in [0.05, 0.1) is 7.11 Å². The summed E-state index contributed by atoms with van der Waals surface area (Å²) in [6.07, 6.45) is 0. The zero-order valence-electron chi connectivity index (χ0n) is 11.1. The second-order valence-electron chi connectivity index (χ2n) is 4.59. The van der Waals surface area contributed by atoms with Crippen LogP contribution in [-0.4, -0.2) is 7.11 Å². The van der Waals surface area contributed by atoms with Crippen molar-refractivity contribution in [3.63, 3.8) is 0 Å². The van der Waals surface area contributed by atoms with E-state index in [1.54, 1.807) is 7.11 Å². The van der Waals surface area contributed by atoms with E-state index in [0.717, 1.165) is 5.75 Å². The third kappa shape index (κ3) is 2.54. The summed E-state index contributed by atoms with van der Waals surface area (Å²) in [5.74, 6) is 0.873. The van der Waals surface area contributed by atoms with Crippen LogP contribution in [0, 0.1) is 6.92 Å². The monoisotopic (exact) mass is 241 g/mol. The summed E-state index contributed by atoms with van der Waals surface area (Å²) >= 11 is 0. The molecule has 2 heteroatoms. The summed E-state index contributed by atoms with van der Waals surface area (Å²) in [4.78, 5) is 0. The molecule has 18 heavy (non-hydrogen) atoms. The van der Waals surface area contributed by atoms with Crippen molar-refractivity contribution >= 4 is 0 Å². The zero-order valence-corrected chi connectivity index (χ0v) is 11.1. The number of methoxy groups -OCH3 is 1. The standard InChI is InChI=1S/C16H19NO/c1-11-4-5-14(10-16(11)12(2)17)13-6-8-15(18-3)9-7-13/h4-10,12H,17H2,1-3H3. The third-order valence-corrected chi connectivity index (χ3v) is 3.19. The molecule has 0 radical (unpaired) electrons. The van der Waals surface area contributed by atoms with Crippen molar-refractivity contribution in [3.05, 3.63) is 53.6 Å². The SMILES string of the molecule is COc1ccc(-c2ccc(C)c(C(C)N)c2)cc1. The van der Waals surface area contributed by atoms with Gasteiger partial charge in [0, 0.05) is 6.04 Å². The molecule has 94 valence electrons. The Balaban J connectivity index is 2.41. The Morgan fingerprint density at radius 2 is 1.61 bits per heavy atom. The van der Waals surface area contributed by atoms with Gasteiger partial charge < -0.3 is 10.5 Å². The first-order chi connectivity index (χ1) is 8.61. The Kier molecular flexibility index (Phi) is 3.68. The predicted octanol–water partition coefficient (Wildman–Crippen LogP) is 3.69. The van der Waals surface area contributed by atoms with Gasteiger partial charge >= 0.3 is 0 Å². The van der Waals surface area contributed by atoms with Gasteiger partial charge in [-0.25, -0.2) is 0 Å². The van der Waals surface area contributed by atoms with E-state index in [0.29, 0.717) is 0 Å². The van der Waals surface area contributed by atoms with Crippen molar-refractivity contribution in [2.75, 3.05) is 7.11 Å². The highest BCUT2D eigenvalue weighted by molar-refractivity contribution is 5.65. The number of rotatable bonds is 3.